The molecule has 0 unspecified atom stereocenters. The molecule has 7 heteroatoms. The van der Waals surface area contributed by atoms with Crippen molar-refractivity contribution in [3.05, 3.63) is 63.1 Å². The van der Waals surface area contributed by atoms with Gasteiger partial charge in [0.25, 0.3) is 5.91 Å². The van der Waals surface area contributed by atoms with Gasteiger partial charge < -0.3 is 4.74 Å². The van der Waals surface area contributed by atoms with Crippen molar-refractivity contribution in [1.29, 1.82) is 0 Å². The van der Waals surface area contributed by atoms with Crippen LogP contribution in [-0.2, 0) is 16.0 Å². The average molecular weight is 412 g/mol. The number of ether oxygens (including phenoxy) is 1. The van der Waals surface area contributed by atoms with E-state index >= 15 is 0 Å². The maximum absolute atomic E-state index is 11.8. The van der Waals surface area contributed by atoms with Crippen LogP contribution in [0.2, 0.25) is 5.02 Å². The van der Waals surface area contributed by atoms with Gasteiger partial charge in [0.15, 0.2) is 6.61 Å². The summed E-state index contributed by atoms with van der Waals surface area (Å²) in [5, 5.41) is 0.390. The van der Waals surface area contributed by atoms with Crippen molar-refractivity contribution >= 4 is 39.3 Å². The Hall–Kier alpha value is -2.05. The zero-order chi connectivity index (χ0) is 17.5. The Bertz CT molecular complexity index is 752. The third kappa shape index (κ3) is 5.54. The van der Waals surface area contributed by atoms with Crippen LogP contribution in [0.1, 0.15) is 11.1 Å². The highest BCUT2D eigenvalue weighted by Gasteiger charge is 2.09. The van der Waals surface area contributed by atoms with E-state index in [1.165, 1.54) is 0 Å². The molecule has 0 aromatic heterocycles. The molecule has 0 bridgehead atoms. The van der Waals surface area contributed by atoms with E-state index in [2.05, 4.69) is 26.8 Å². The summed E-state index contributed by atoms with van der Waals surface area (Å²) in [5.41, 5.74) is 6.59. The molecule has 0 aliphatic rings. The standard InChI is InChI=1S/C17H16BrClN2O3/c1-11-4-2-3-5-12(11)8-16(22)20-21-17(23)10-24-15-7-6-13(18)9-14(15)19/h2-7,9H,8,10H2,1H3,(H,20,22)(H,21,23). The van der Waals surface area contributed by atoms with Crippen LogP contribution in [0.3, 0.4) is 0 Å². The average Bonchev–Trinajstić information content (AvgIpc) is 2.54. The molecule has 0 saturated carbocycles. The molecule has 0 spiro atoms. The minimum Gasteiger partial charge on any atom is -0.482 e. The van der Waals surface area contributed by atoms with Crippen LogP contribution in [0.5, 0.6) is 5.75 Å². The van der Waals surface area contributed by atoms with Gasteiger partial charge in [0, 0.05) is 4.47 Å². The monoisotopic (exact) mass is 410 g/mol. The second-order valence-corrected chi connectivity index (χ2v) is 6.39. The molecule has 2 N–H and O–H groups in total. The highest BCUT2D eigenvalue weighted by molar-refractivity contribution is 9.10. The van der Waals surface area contributed by atoms with Crippen LogP contribution >= 0.6 is 27.5 Å². The predicted octanol–water partition coefficient (Wildman–Crippen LogP) is 3.18. The van der Waals surface area contributed by atoms with Crippen LogP contribution in [0.25, 0.3) is 0 Å². The summed E-state index contributed by atoms with van der Waals surface area (Å²) in [6.07, 6.45) is 0.187. The van der Waals surface area contributed by atoms with Gasteiger partial charge in [0.2, 0.25) is 5.91 Å². The number of hydrogen-bond donors (Lipinski definition) is 2. The van der Waals surface area contributed by atoms with Gasteiger partial charge in [0.05, 0.1) is 11.4 Å². The molecule has 0 fully saturated rings. The molecular weight excluding hydrogens is 396 g/mol. The minimum absolute atomic E-state index is 0.187. The van der Waals surface area contributed by atoms with Gasteiger partial charge in [-0.25, -0.2) is 0 Å². The van der Waals surface area contributed by atoms with Gasteiger partial charge in [0.1, 0.15) is 5.75 Å². The van der Waals surface area contributed by atoms with E-state index in [0.29, 0.717) is 10.8 Å². The van der Waals surface area contributed by atoms with Crippen LogP contribution in [-0.4, -0.2) is 18.4 Å². The molecule has 0 radical (unpaired) electrons. The lowest BCUT2D eigenvalue weighted by molar-refractivity contribution is -0.129. The number of hydrogen-bond acceptors (Lipinski definition) is 3. The van der Waals surface area contributed by atoms with Crippen LogP contribution in [0.15, 0.2) is 46.9 Å². The summed E-state index contributed by atoms with van der Waals surface area (Å²) >= 11 is 9.27. The Kier molecular flexibility index (Phi) is 6.63. The number of carbonyl (C=O) groups is 2. The molecule has 2 aromatic carbocycles. The fourth-order valence-electron chi connectivity index (χ4n) is 1.94. The van der Waals surface area contributed by atoms with Crippen LogP contribution in [0.4, 0.5) is 0 Å². The Morgan fingerprint density at radius 2 is 1.83 bits per heavy atom. The van der Waals surface area contributed by atoms with Crippen LogP contribution in [0, 0.1) is 6.92 Å². The van der Waals surface area contributed by atoms with E-state index < -0.39 is 5.91 Å². The topological polar surface area (TPSA) is 67.4 Å². The Labute approximate surface area is 153 Å². The van der Waals surface area contributed by atoms with Crippen molar-refractivity contribution in [1.82, 2.24) is 10.9 Å². The largest absolute Gasteiger partial charge is 0.482 e. The minimum atomic E-state index is -0.480. The second kappa shape index (κ2) is 8.70. The maximum atomic E-state index is 11.8. The SMILES string of the molecule is Cc1ccccc1CC(=O)NNC(=O)COc1ccc(Br)cc1Cl. The summed E-state index contributed by atoms with van der Waals surface area (Å²) in [6.45, 7) is 1.67. The lowest BCUT2D eigenvalue weighted by Crippen LogP contribution is -2.44. The molecular formula is C17H16BrClN2O3. The predicted molar refractivity (Wildman–Crippen MR) is 95.8 cm³/mol. The van der Waals surface area contributed by atoms with Crippen molar-refractivity contribution in [3.63, 3.8) is 0 Å². The van der Waals surface area contributed by atoms with E-state index in [4.69, 9.17) is 16.3 Å². The van der Waals surface area contributed by atoms with Crippen molar-refractivity contribution < 1.29 is 14.3 Å². The van der Waals surface area contributed by atoms with E-state index in [-0.39, 0.29) is 18.9 Å². The Morgan fingerprint density at radius 1 is 1.12 bits per heavy atom. The smallest absolute Gasteiger partial charge is 0.276 e. The molecule has 2 rings (SSSR count). The van der Waals surface area contributed by atoms with Gasteiger partial charge in [-0.3, -0.25) is 20.4 Å². The summed E-state index contributed by atoms with van der Waals surface area (Å²) in [6, 6.07) is 12.6. The summed E-state index contributed by atoms with van der Waals surface area (Å²) in [5.74, 6) is -0.396. The molecule has 126 valence electrons. The highest BCUT2D eigenvalue weighted by Crippen LogP contribution is 2.27. The highest BCUT2D eigenvalue weighted by atomic mass is 79.9. The maximum Gasteiger partial charge on any atom is 0.276 e. The fraction of sp³-hybridized carbons (Fsp3) is 0.176. The first-order chi connectivity index (χ1) is 11.5. The number of rotatable bonds is 5. The van der Waals surface area contributed by atoms with Gasteiger partial charge >= 0.3 is 0 Å². The number of benzene rings is 2. The fourth-order valence-corrected chi connectivity index (χ4v) is 2.66. The number of halogens is 2. The lowest BCUT2D eigenvalue weighted by atomic mass is 10.1. The lowest BCUT2D eigenvalue weighted by Gasteiger charge is -2.10. The molecule has 0 heterocycles. The Balaban J connectivity index is 1.76. The second-order valence-electron chi connectivity index (χ2n) is 5.06. The number of carbonyl (C=O) groups excluding carboxylic acids is 2. The molecule has 0 atom stereocenters. The van der Waals surface area contributed by atoms with Crippen molar-refractivity contribution in [2.24, 2.45) is 0 Å². The third-order valence-electron chi connectivity index (χ3n) is 3.21. The van der Waals surface area contributed by atoms with Crippen molar-refractivity contribution in [2.45, 2.75) is 13.3 Å². The van der Waals surface area contributed by atoms with Crippen LogP contribution < -0.4 is 15.6 Å². The quantitative estimate of drug-likeness (QED) is 0.743. The zero-order valence-electron chi connectivity index (χ0n) is 12.9. The van der Waals surface area contributed by atoms with Gasteiger partial charge in [-0.1, -0.05) is 51.8 Å². The van der Waals surface area contributed by atoms with Gasteiger partial charge in [-0.15, -0.1) is 0 Å². The van der Waals surface area contributed by atoms with Crippen molar-refractivity contribution in [2.75, 3.05) is 6.61 Å². The summed E-state index contributed by atoms with van der Waals surface area (Å²) in [4.78, 5) is 23.6. The normalized spacial score (nSPS) is 10.1. The molecule has 0 aliphatic heterocycles. The number of aryl methyl sites for hydroxylation is 1. The first-order valence-corrected chi connectivity index (χ1v) is 8.33. The molecule has 2 amide bonds. The third-order valence-corrected chi connectivity index (χ3v) is 3.99. The summed E-state index contributed by atoms with van der Waals surface area (Å²) < 4.78 is 6.12. The van der Waals surface area contributed by atoms with E-state index in [9.17, 15) is 9.59 Å². The Morgan fingerprint density at radius 3 is 2.54 bits per heavy atom. The molecule has 5 nitrogen and oxygen atoms in total. The number of nitrogens with one attached hydrogen (secondary N) is 2. The molecule has 0 aliphatic carbocycles. The molecule has 2 aromatic rings. The summed E-state index contributed by atoms with van der Waals surface area (Å²) in [7, 11) is 0. The van der Waals surface area contributed by atoms with E-state index in [1.54, 1.807) is 18.2 Å². The van der Waals surface area contributed by atoms with Gasteiger partial charge in [-0.2, -0.15) is 0 Å². The van der Waals surface area contributed by atoms with Crippen molar-refractivity contribution in [3.8, 4) is 5.75 Å². The molecule has 24 heavy (non-hydrogen) atoms. The first kappa shape index (κ1) is 18.3. The van der Waals surface area contributed by atoms with E-state index in [0.717, 1.165) is 15.6 Å². The number of amides is 2. The van der Waals surface area contributed by atoms with E-state index in [1.807, 2.05) is 31.2 Å². The zero-order valence-corrected chi connectivity index (χ0v) is 15.3. The first-order valence-electron chi connectivity index (χ1n) is 7.16. The molecule has 0 saturated heterocycles. The number of hydrazine groups is 1. The van der Waals surface area contributed by atoms with Gasteiger partial charge in [-0.05, 0) is 36.2 Å².